The van der Waals surface area contributed by atoms with Crippen LogP contribution in [0, 0.1) is 0 Å². The van der Waals surface area contributed by atoms with Gasteiger partial charge in [0.25, 0.3) is 0 Å². The van der Waals surface area contributed by atoms with Gasteiger partial charge in [0.2, 0.25) is 5.88 Å². The number of aliphatic hydroxyl groups excluding tert-OH is 1. The van der Waals surface area contributed by atoms with Gasteiger partial charge in [0, 0.05) is 18.5 Å². The number of ether oxygens (including phenoxy) is 1. The van der Waals surface area contributed by atoms with Crippen LogP contribution in [0.3, 0.4) is 0 Å². The lowest BCUT2D eigenvalue weighted by Crippen LogP contribution is -2.06. The van der Waals surface area contributed by atoms with E-state index in [4.69, 9.17) is 4.74 Å². The van der Waals surface area contributed by atoms with Crippen LogP contribution in [0.25, 0.3) is 5.69 Å². The van der Waals surface area contributed by atoms with Gasteiger partial charge in [-0.2, -0.15) is 5.10 Å². The Hall–Kier alpha value is -1.88. The van der Waals surface area contributed by atoms with Crippen LogP contribution in [0.2, 0.25) is 0 Å². The van der Waals surface area contributed by atoms with Crippen molar-refractivity contribution in [2.75, 3.05) is 7.11 Å². The molecule has 5 nitrogen and oxygen atoms in total. The predicted octanol–water partition coefficient (Wildman–Crippen LogP) is 1.33. The summed E-state index contributed by atoms with van der Waals surface area (Å²) in [5.74, 6) is 0.479. The Bertz CT molecular complexity index is 466. The van der Waals surface area contributed by atoms with E-state index in [2.05, 4.69) is 10.1 Å². The van der Waals surface area contributed by atoms with Crippen LogP contribution in [0.15, 0.2) is 30.6 Å². The molecular formula is C11H13N3O2. The number of hydrogen-bond acceptors (Lipinski definition) is 4. The number of aromatic nitrogens is 3. The van der Waals surface area contributed by atoms with E-state index >= 15 is 0 Å². The average Bonchev–Trinajstić information content (AvgIpc) is 2.81. The normalized spacial score (nSPS) is 12.4. The Morgan fingerprint density at radius 2 is 2.25 bits per heavy atom. The van der Waals surface area contributed by atoms with Crippen LogP contribution in [0.5, 0.6) is 5.88 Å². The summed E-state index contributed by atoms with van der Waals surface area (Å²) in [4.78, 5) is 4.21. The Morgan fingerprint density at radius 3 is 2.81 bits per heavy atom. The third-order valence-corrected chi connectivity index (χ3v) is 2.23. The molecule has 2 heterocycles. The van der Waals surface area contributed by atoms with Crippen LogP contribution in [0.4, 0.5) is 0 Å². The number of methoxy groups -OCH3 is 1. The predicted molar refractivity (Wildman–Crippen MR) is 58.5 cm³/mol. The molecule has 2 aromatic heterocycles. The fraction of sp³-hybridized carbons (Fsp3) is 0.273. The Kier molecular flexibility index (Phi) is 2.87. The molecule has 0 saturated heterocycles. The summed E-state index contributed by atoms with van der Waals surface area (Å²) < 4.78 is 6.69. The average molecular weight is 219 g/mol. The zero-order chi connectivity index (χ0) is 11.5. The molecule has 1 N–H and O–H groups in total. The van der Waals surface area contributed by atoms with Crippen LogP contribution in [0.1, 0.15) is 18.7 Å². The van der Waals surface area contributed by atoms with Gasteiger partial charge >= 0.3 is 0 Å². The highest BCUT2D eigenvalue weighted by atomic mass is 16.5. The van der Waals surface area contributed by atoms with E-state index in [-0.39, 0.29) is 0 Å². The van der Waals surface area contributed by atoms with E-state index < -0.39 is 6.10 Å². The van der Waals surface area contributed by atoms with Crippen LogP contribution >= 0.6 is 0 Å². The van der Waals surface area contributed by atoms with Crippen molar-refractivity contribution < 1.29 is 9.84 Å². The standard InChI is InChI=1S/C11H13N3O2/c1-8(15)11-9(14-7-3-6-12-14)4-5-10(13-11)16-2/h3-8,15H,1-2H3. The highest BCUT2D eigenvalue weighted by Crippen LogP contribution is 2.21. The molecule has 2 aromatic rings. The first-order valence-electron chi connectivity index (χ1n) is 4.95. The van der Waals surface area contributed by atoms with Gasteiger partial charge in [-0.05, 0) is 19.1 Å². The number of pyridine rings is 1. The molecular weight excluding hydrogens is 206 g/mol. The number of nitrogens with zero attached hydrogens (tertiary/aromatic N) is 3. The van der Waals surface area contributed by atoms with E-state index in [0.29, 0.717) is 11.6 Å². The summed E-state index contributed by atoms with van der Waals surface area (Å²) in [5.41, 5.74) is 1.30. The van der Waals surface area contributed by atoms with Crippen molar-refractivity contribution >= 4 is 0 Å². The van der Waals surface area contributed by atoms with Crippen molar-refractivity contribution in [2.24, 2.45) is 0 Å². The van der Waals surface area contributed by atoms with Gasteiger partial charge < -0.3 is 9.84 Å². The van der Waals surface area contributed by atoms with Crippen LogP contribution < -0.4 is 4.74 Å². The summed E-state index contributed by atoms with van der Waals surface area (Å²) in [6.07, 6.45) is 2.81. The van der Waals surface area contributed by atoms with E-state index in [0.717, 1.165) is 5.69 Å². The zero-order valence-corrected chi connectivity index (χ0v) is 9.16. The molecule has 1 unspecified atom stereocenters. The van der Waals surface area contributed by atoms with E-state index in [1.807, 2.05) is 12.1 Å². The van der Waals surface area contributed by atoms with Gasteiger partial charge in [0.1, 0.15) is 0 Å². The SMILES string of the molecule is COc1ccc(-n2cccn2)c(C(C)O)n1. The van der Waals surface area contributed by atoms with Gasteiger partial charge in [-0.25, -0.2) is 9.67 Å². The first-order valence-corrected chi connectivity index (χ1v) is 4.95. The van der Waals surface area contributed by atoms with Gasteiger partial charge in [-0.15, -0.1) is 0 Å². The second kappa shape index (κ2) is 4.32. The van der Waals surface area contributed by atoms with Crippen molar-refractivity contribution in [3.63, 3.8) is 0 Å². The van der Waals surface area contributed by atoms with Gasteiger partial charge in [0.05, 0.1) is 24.6 Å². The fourth-order valence-electron chi connectivity index (χ4n) is 1.48. The van der Waals surface area contributed by atoms with Crippen LogP contribution in [-0.4, -0.2) is 27.0 Å². The van der Waals surface area contributed by atoms with Crippen molar-refractivity contribution in [1.82, 2.24) is 14.8 Å². The molecule has 5 heteroatoms. The largest absolute Gasteiger partial charge is 0.481 e. The van der Waals surface area contributed by atoms with Crippen molar-refractivity contribution in [2.45, 2.75) is 13.0 Å². The minimum atomic E-state index is -0.672. The molecule has 0 aliphatic carbocycles. The summed E-state index contributed by atoms with van der Waals surface area (Å²) in [6, 6.07) is 5.37. The number of rotatable bonds is 3. The molecule has 84 valence electrons. The maximum atomic E-state index is 9.66. The lowest BCUT2D eigenvalue weighted by Gasteiger charge is -2.12. The smallest absolute Gasteiger partial charge is 0.213 e. The number of hydrogen-bond donors (Lipinski definition) is 1. The molecule has 0 bridgehead atoms. The van der Waals surface area contributed by atoms with Crippen molar-refractivity contribution in [3.8, 4) is 11.6 Å². The minimum Gasteiger partial charge on any atom is -0.481 e. The van der Waals surface area contributed by atoms with Crippen LogP contribution in [-0.2, 0) is 0 Å². The zero-order valence-electron chi connectivity index (χ0n) is 9.16. The first-order chi connectivity index (χ1) is 7.72. The molecule has 0 aliphatic heterocycles. The van der Waals surface area contributed by atoms with Crippen molar-refractivity contribution in [1.29, 1.82) is 0 Å². The second-order valence-electron chi connectivity index (χ2n) is 3.38. The quantitative estimate of drug-likeness (QED) is 0.846. The molecule has 2 rings (SSSR count). The third-order valence-electron chi connectivity index (χ3n) is 2.23. The summed E-state index contributed by atoms with van der Waals surface area (Å²) in [5, 5.41) is 13.8. The Labute approximate surface area is 93.3 Å². The number of aliphatic hydroxyl groups is 1. The molecule has 0 radical (unpaired) electrons. The second-order valence-corrected chi connectivity index (χ2v) is 3.38. The highest BCUT2D eigenvalue weighted by molar-refractivity contribution is 5.39. The Balaban J connectivity index is 2.53. The molecule has 1 atom stereocenters. The fourth-order valence-corrected chi connectivity index (χ4v) is 1.48. The molecule has 0 saturated carbocycles. The summed E-state index contributed by atoms with van der Waals surface area (Å²) in [6.45, 7) is 1.66. The molecule has 0 spiro atoms. The highest BCUT2D eigenvalue weighted by Gasteiger charge is 2.12. The van der Waals surface area contributed by atoms with E-state index in [9.17, 15) is 5.11 Å². The van der Waals surface area contributed by atoms with Gasteiger partial charge in [-0.1, -0.05) is 0 Å². The molecule has 0 aliphatic rings. The summed E-state index contributed by atoms with van der Waals surface area (Å²) >= 11 is 0. The monoisotopic (exact) mass is 219 g/mol. The first kappa shape index (κ1) is 10.6. The molecule has 0 aromatic carbocycles. The molecule has 16 heavy (non-hydrogen) atoms. The van der Waals surface area contributed by atoms with E-state index in [1.165, 1.54) is 0 Å². The maximum Gasteiger partial charge on any atom is 0.213 e. The molecule has 0 fully saturated rings. The van der Waals surface area contributed by atoms with Gasteiger partial charge in [-0.3, -0.25) is 0 Å². The lowest BCUT2D eigenvalue weighted by atomic mass is 10.2. The van der Waals surface area contributed by atoms with Gasteiger partial charge in [0.15, 0.2) is 0 Å². The lowest BCUT2D eigenvalue weighted by molar-refractivity contribution is 0.192. The molecule has 0 amide bonds. The minimum absolute atomic E-state index is 0.479. The summed E-state index contributed by atoms with van der Waals surface area (Å²) in [7, 11) is 1.54. The topological polar surface area (TPSA) is 60.2 Å². The Morgan fingerprint density at radius 1 is 1.44 bits per heavy atom. The van der Waals surface area contributed by atoms with Crippen molar-refractivity contribution in [3.05, 3.63) is 36.3 Å². The third kappa shape index (κ3) is 1.90. The maximum absolute atomic E-state index is 9.66. The van der Waals surface area contributed by atoms with E-state index in [1.54, 1.807) is 37.2 Å².